The van der Waals surface area contributed by atoms with Gasteiger partial charge in [0.2, 0.25) is 0 Å². The summed E-state index contributed by atoms with van der Waals surface area (Å²) in [6.07, 6.45) is 5.25. The first-order valence-electron chi connectivity index (χ1n) is 10.0. The summed E-state index contributed by atoms with van der Waals surface area (Å²) in [5.74, 6) is 0. The van der Waals surface area contributed by atoms with Crippen LogP contribution in [0.2, 0.25) is 0 Å². The van der Waals surface area contributed by atoms with Crippen molar-refractivity contribution in [2.75, 3.05) is 12.9 Å². The smallest absolute Gasteiger partial charge is 0.264 e. The molecule has 1 heterocycles. The zero-order chi connectivity index (χ0) is 21.7. The van der Waals surface area contributed by atoms with Gasteiger partial charge in [0.15, 0.2) is 0 Å². The quantitative estimate of drug-likeness (QED) is 0.309. The number of benzene rings is 3. The predicted molar refractivity (Wildman–Crippen MR) is 121 cm³/mol. The molecule has 0 spiro atoms. The van der Waals surface area contributed by atoms with Gasteiger partial charge in [0.05, 0.1) is 19.1 Å². The molecule has 31 heavy (non-hydrogen) atoms. The Labute approximate surface area is 183 Å². The van der Waals surface area contributed by atoms with E-state index in [0.717, 1.165) is 28.5 Å². The van der Waals surface area contributed by atoms with Gasteiger partial charge in [-0.1, -0.05) is 91.0 Å². The molecule has 158 valence electrons. The maximum Gasteiger partial charge on any atom is 0.264 e. The second-order valence-electron chi connectivity index (χ2n) is 7.38. The van der Waals surface area contributed by atoms with Crippen molar-refractivity contribution >= 4 is 10.1 Å². The van der Waals surface area contributed by atoms with Crippen molar-refractivity contribution in [1.82, 2.24) is 9.78 Å². The van der Waals surface area contributed by atoms with Crippen LogP contribution in [-0.4, -0.2) is 31.1 Å². The summed E-state index contributed by atoms with van der Waals surface area (Å²) in [6.45, 7) is 0.0829. The minimum Gasteiger partial charge on any atom is -0.270 e. The summed E-state index contributed by atoms with van der Waals surface area (Å²) >= 11 is 0. The molecule has 1 aromatic heterocycles. The minimum atomic E-state index is -3.47. The molecule has 0 amide bonds. The molecular weight excluding hydrogens is 408 g/mol. The van der Waals surface area contributed by atoms with Gasteiger partial charge in [0.1, 0.15) is 5.54 Å². The first-order valence-corrected chi connectivity index (χ1v) is 11.9. The lowest BCUT2D eigenvalue weighted by molar-refractivity contribution is 0.326. The van der Waals surface area contributed by atoms with Crippen molar-refractivity contribution in [2.24, 2.45) is 0 Å². The second kappa shape index (κ2) is 8.88. The lowest BCUT2D eigenvalue weighted by atomic mass is 9.77. The van der Waals surface area contributed by atoms with Crippen LogP contribution in [0.4, 0.5) is 0 Å². The lowest BCUT2D eigenvalue weighted by Crippen LogP contribution is -2.38. The van der Waals surface area contributed by atoms with Crippen molar-refractivity contribution in [1.29, 1.82) is 0 Å². The van der Waals surface area contributed by atoms with Gasteiger partial charge in [-0.3, -0.25) is 8.86 Å². The van der Waals surface area contributed by atoms with Crippen molar-refractivity contribution in [3.63, 3.8) is 0 Å². The Kier molecular flexibility index (Phi) is 6.02. The second-order valence-corrected chi connectivity index (χ2v) is 9.02. The zero-order valence-electron chi connectivity index (χ0n) is 17.3. The predicted octanol–water partition coefficient (Wildman–Crippen LogP) is 4.24. The molecule has 0 atom stereocenters. The molecular formula is C25H24N2O3S. The maximum absolute atomic E-state index is 11.3. The lowest BCUT2D eigenvalue weighted by Gasteiger charge is -2.36. The van der Waals surface area contributed by atoms with Gasteiger partial charge < -0.3 is 0 Å². The van der Waals surface area contributed by atoms with E-state index in [-0.39, 0.29) is 6.61 Å². The van der Waals surface area contributed by atoms with Gasteiger partial charge in [-0.15, -0.1) is 0 Å². The molecule has 4 rings (SSSR count). The molecule has 4 aromatic rings. The molecule has 5 nitrogen and oxygen atoms in total. The van der Waals surface area contributed by atoms with Gasteiger partial charge in [0.25, 0.3) is 10.1 Å². The molecule has 3 aromatic carbocycles. The van der Waals surface area contributed by atoms with E-state index in [9.17, 15) is 8.42 Å². The van der Waals surface area contributed by atoms with Crippen LogP contribution in [0.1, 0.15) is 22.3 Å². The zero-order valence-corrected chi connectivity index (χ0v) is 18.1. The van der Waals surface area contributed by atoms with E-state index in [0.29, 0.717) is 6.42 Å². The highest BCUT2D eigenvalue weighted by molar-refractivity contribution is 7.85. The van der Waals surface area contributed by atoms with E-state index in [2.05, 4.69) is 36.4 Å². The molecule has 0 aliphatic carbocycles. The van der Waals surface area contributed by atoms with Gasteiger partial charge in [-0.25, -0.2) is 0 Å². The van der Waals surface area contributed by atoms with E-state index in [1.165, 1.54) is 0 Å². The Balaban J connectivity index is 1.88. The van der Waals surface area contributed by atoms with Crippen LogP contribution < -0.4 is 0 Å². The Morgan fingerprint density at radius 2 is 1.26 bits per heavy atom. The van der Waals surface area contributed by atoms with Gasteiger partial charge in [-0.2, -0.15) is 13.5 Å². The Morgan fingerprint density at radius 1 is 0.806 bits per heavy atom. The maximum atomic E-state index is 11.3. The van der Waals surface area contributed by atoms with Crippen molar-refractivity contribution in [3.8, 4) is 0 Å². The molecule has 0 unspecified atom stereocenters. The van der Waals surface area contributed by atoms with E-state index < -0.39 is 15.7 Å². The summed E-state index contributed by atoms with van der Waals surface area (Å²) in [5.41, 5.74) is 3.45. The highest BCUT2D eigenvalue weighted by atomic mass is 32.2. The molecule has 0 N–H and O–H groups in total. The fraction of sp³-hybridized carbons (Fsp3) is 0.160. The molecule has 0 fully saturated rings. The Morgan fingerprint density at radius 3 is 1.68 bits per heavy atom. The van der Waals surface area contributed by atoms with Crippen LogP contribution in [0, 0.1) is 0 Å². The summed E-state index contributed by atoms with van der Waals surface area (Å²) in [7, 11) is -3.47. The summed E-state index contributed by atoms with van der Waals surface area (Å²) < 4.78 is 29.5. The van der Waals surface area contributed by atoms with Crippen LogP contribution >= 0.6 is 0 Å². The average Bonchev–Trinajstić information content (AvgIpc) is 3.25. The normalized spacial score (nSPS) is 12.0. The van der Waals surface area contributed by atoms with Gasteiger partial charge in [-0.05, 0) is 22.3 Å². The van der Waals surface area contributed by atoms with E-state index in [1.54, 1.807) is 6.20 Å². The molecule has 0 bridgehead atoms. The molecule has 0 saturated carbocycles. The molecule has 6 heteroatoms. The minimum absolute atomic E-state index is 0.0829. The van der Waals surface area contributed by atoms with Crippen LogP contribution in [0.15, 0.2) is 103 Å². The highest BCUT2D eigenvalue weighted by Crippen LogP contribution is 2.40. The van der Waals surface area contributed by atoms with Crippen molar-refractivity contribution < 1.29 is 12.6 Å². The SMILES string of the molecule is CS(=O)(=O)OCCc1cnn(C(c2ccccc2)(c2ccccc2)c2ccccc2)c1. The number of hydrogen-bond acceptors (Lipinski definition) is 4. The van der Waals surface area contributed by atoms with Crippen LogP contribution in [0.3, 0.4) is 0 Å². The Hall–Kier alpha value is -3.22. The third-order valence-electron chi connectivity index (χ3n) is 5.24. The van der Waals surface area contributed by atoms with Crippen LogP contribution in [-0.2, 0) is 26.3 Å². The number of rotatable bonds is 8. The van der Waals surface area contributed by atoms with Gasteiger partial charge in [0, 0.05) is 12.6 Å². The molecule has 0 aliphatic rings. The molecule has 0 saturated heterocycles. The van der Waals surface area contributed by atoms with E-state index in [1.807, 2.05) is 65.5 Å². The third-order valence-corrected chi connectivity index (χ3v) is 5.84. The summed E-state index contributed by atoms with van der Waals surface area (Å²) in [6, 6.07) is 30.8. The highest BCUT2D eigenvalue weighted by Gasteiger charge is 2.39. The van der Waals surface area contributed by atoms with E-state index >= 15 is 0 Å². The monoisotopic (exact) mass is 432 g/mol. The summed E-state index contributed by atoms with van der Waals surface area (Å²) in [5, 5.41) is 4.74. The van der Waals surface area contributed by atoms with E-state index in [4.69, 9.17) is 9.28 Å². The number of aromatic nitrogens is 2. The van der Waals surface area contributed by atoms with Crippen LogP contribution in [0.25, 0.3) is 0 Å². The largest absolute Gasteiger partial charge is 0.270 e. The molecule has 0 radical (unpaired) electrons. The fourth-order valence-corrected chi connectivity index (χ4v) is 4.30. The average molecular weight is 433 g/mol. The van der Waals surface area contributed by atoms with Gasteiger partial charge >= 0.3 is 0 Å². The Bertz CT molecular complexity index is 1120. The van der Waals surface area contributed by atoms with Crippen molar-refractivity contribution in [3.05, 3.63) is 126 Å². The topological polar surface area (TPSA) is 61.2 Å². The third kappa shape index (κ3) is 4.45. The number of nitrogens with zero attached hydrogens (tertiary/aromatic N) is 2. The fourth-order valence-electron chi connectivity index (χ4n) is 3.92. The standard InChI is InChI=1S/C25H24N2O3S/c1-31(28,29)30-18-17-21-19-26-27(20-21)25(22-11-5-2-6-12-22,23-13-7-3-8-14-23)24-15-9-4-10-16-24/h2-16,19-20H,17-18H2,1H3. The van der Waals surface area contributed by atoms with Crippen LogP contribution in [0.5, 0.6) is 0 Å². The first kappa shape index (κ1) is 21.0. The van der Waals surface area contributed by atoms with Crippen molar-refractivity contribution in [2.45, 2.75) is 12.0 Å². The first-order chi connectivity index (χ1) is 15.0. The number of hydrogen-bond donors (Lipinski definition) is 0. The molecule has 0 aliphatic heterocycles. The summed E-state index contributed by atoms with van der Waals surface area (Å²) in [4.78, 5) is 0.